The lowest BCUT2D eigenvalue weighted by atomic mass is 9.96. The first-order chi connectivity index (χ1) is 6.56. The third-order valence-electron chi connectivity index (χ3n) is 2.39. The Hall–Kier alpha value is 0.110. The van der Waals surface area contributed by atoms with Crippen molar-refractivity contribution in [2.75, 3.05) is 0 Å². The molecule has 0 amide bonds. The molecule has 0 spiro atoms. The van der Waals surface area contributed by atoms with Crippen LogP contribution in [0.15, 0.2) is 22.7 Å². The molecule has 0 radical (unpaired) electrons. The lowest BCUT2D eigenvalue weighted by molar-refractivity contribution is 0.622. The second-order valence-corrected chi connectivity index (χ2v) is 5.41. The second-order valence-electron chi connectivity index (χ2n) is 3.38. The Morgan fingerprint density at radius 2 is 2.07 bits per heavy atom. The maximum atomic E-state index is 12.9. The van der Waals surface area contributed by atoms with Crippen LogP contribution in [0.3, 0.4) is 0 Å². The van der Waals surface area contributed by atoms with E-state index in [-0.39, 0.29) is 5.82 Å². The topological polar surface area (TPSA) is 0 Å². The molecule has 0 bridgehead atoms. The SMILES string of the molecule is CCC(Br)C(C)c1ccc(F)cc1Br. The lowest BCUT2D eigenvalue weighted by Crippen LogP contribution is -2.08. The van der Waals surface area contributed by atoms with Gasteiger partial charge >= 0.3 is 0 Å². The summed E-state index contributed by atoms with van der Waals surface area (Å²) in [6.45, 7) is 4.27. The highest BCUT2D eigenvalue weighted by Gasteiger charge is 2.16. The van der Waals surface area contributed by atoms with Crippen LogP contribution in [0.25, 0.3) is 0 Å². The summed E-state index contributed by atoms with van der Waals surface area (Å²) in [5.74, 6) is 0.186. The molecule has 14 heavy (non-hydrogen) atoms. The van der Waals surface area contributed by atoms with Gasteiger partial charge in [-0.2, -0.15) is 0 Å². The molecule has 0 N–H and O–H groups in total. The smallest absolute Gasteiger partial charge is 0.124 e. The molecule has 1 rings (SSSR count). The maximum Gasteiger partial charge on any atom is 0.124 e. The van der Waals surface area contributed by atoms with Crippen LogP contribution in [0, 0.1) is 5.82 Å². The lowest BCUT2D eigenvalue weighted by Gasteiger charge is -2.18. The molecule has 0 heterocycles. The van der Waals surface area contributed by atoms with Crippen molar-refractivity contribution in [1.82, 2.24) is 0 Å². The van der Waals surface area contributed by atoms with E-state index in [1.165, 1.54) is 12.1 Å². The highest BCUT2D eigenvalue weighted by Crippen LogP contribution is 2.32. The molecule has 2 atom stereocenters. The predicted molar refractivity (Wildman–Crippen MR) is 65.5 cm³/mol. The van der Waals surface area contributed by atoms with E-state index in [0.717, 1.165) is 16.5 Å². The highest BCUT2D eigenvalue weighted by atomic mass is 79.9. The van der Waals surface area contributed by atoms with Crippen molar-refractivity contribution in [3.05, 3.63) is 34.1 Å². The van der Waals surface area contributed by atoms with Crippen molar-refractivity contribution in [1.29, 1.82) is 0 Å². The van der Waals surface area contributed by atoms with E-state index in [1.54, 1.807) is 0 Å². The number of hydrogen-bond acceptors (Lipinski definition) is 0. The summed E-state index contributed by atoms with van der Waals surface area (Å²) in [6.07, 6.45) is 1.06. The van der Waals surface area contributed by atoms with E-state index >= 15 is 0 Å². The molecule has 0 aliphatic carbocycles. The number of halogens is 3. The molecule has 2 unspecified atom stereocenters. The number of benzene rings is 1. The molecule has 0 saturated heterocycles. The number of hydrogen-bond donors (Lipinski definition) is 0. The van der Waals surface area contributed by atoms with Gasteiger partial charge in [0.2, 0.25) is 0 Å². The van der Waals surface area contributed by atoms with E-state index in [9.17, 15) is 4.39 Å². The summed E-state index contributed by atoms with van der Waals surface area (Å²) in [5.41, 5.74) is 1.15. The minimum absolute atomic E-state index is 0.199. The predicted octanol–water partition coefficient (Wildman–Crippen LogP) is 4.87. The minimum Gasteiger partial charge on any atom is -0.207 e. The molecule has 0 aromatic heterocycles. The van der Waals surface area contributed by atoms with Gasteiger partial charge in [0.05, 0.1) is 0 Å². The van der Waals surface area contributed by atoms with Gasteiger partial charge in [0, 0.05) is 9.30 Å². The summed E-state index contributed by atoms with van der Waals surface area (Å²) in [4.78, 5) is 0.435. The molecule has 0 fully saturated rings. The van der Waals surface area contributed by atoms with Gasteiger partial charge in [0.1, 0.15) is 5.82 Å². The van der Waals surface area contributed by atoms with E-state index in [0.29, 0.717) is 10.7 Å². The quantitative estimate of drug-likeness (QED) is 0.696. The molecule has 0 nitrogen and oxygen atoms in total. The van der Waals surface area contributed by atoms with E-state index in [1.807, 2.05) is 6.07 Å². The van der Waals surface area contributed by atoms with Crippen molar-refractivity contribution in [2.24, 2.45) is 0 Å². The minimum atomic E-state index is -0.199. The van der Waals surface area contributed by atoms with Gasteiger partial charge in [-0.3, -0.25) is 0 Å². The van der Waals surface area contributed by atoms with Gasteiger partial charge in [-0.1, -0.05) is 51.8 Å². The molecule has 3 heteroatoms. The van der Waals surface area contributed by atoms with Crippen molar-refractivity contribution < 1.29 is 4.39 Å². The first-order valence-corrected chi connectivity index (χ1v) is 6.36. The third-order valence-corrected chi connectivity index (χ3v) is 4.51. The summed E-state index contributed by atoms with van der Waals surface area (Å²) in [5, 5.41) is 0. The van der Waals surface area contributed by atoms with E-state index in [2.05, 4.69) is 45.7 Å². The van der Waals surface area contributed by atoms with Gasteiger partial charge in [-0.15, -0.1) is 0 Å². The average molecular weight is 324 g/mol. The molecule has 1 aromatic rings. The summed E-state index contributed by atoms with van der Waals surface area (Å²) in [7, 11) is 0. The van der Waals surface area contributed by atoms with Crippen molar-refractivity contribution in [3.63, 3.8) is 0 Å². The van der Waals surface area contributed by atoms with Crippen LogP contribution in [-0.4, -0.2) is 4.83 Å². The summed E-state index contributed by atoms with van der Waals surface area (Å²) in [6, 6.07) is 4.86. The number of alkyl halides is 1. The zero-order chi connectivity index (χ0) is 10.7. The van der Waals surface area contributed by atoms with Crippen LogP contribution in [-0.2, 0) is 0 Å². The largest absolute Gasteiger partial charge is 0.207 e. The average Bonchev–Trinajstić information content (AvgIpc) is 2.15. The molecule has 78 valence electrons. The Labute approximate surface area is 101 Å². The van der Waals surface area contributed by atoms with E-state index < -0.39 is 0 Å². The van der Waals surface area contributed by atoms with Crippen LogP contribution in [0.5, 0.6) is 0 Å². The van der Waals surface area contributed by atoms with Crippen LogP contribution >= 0.6 is 31.9 Å². The Morgan fingerprint density at radius 1 is 1.43 bits per heavy atom. The first kappa shape index (κ1) is 12.2. The molecular formula is C11H13Br2F. The monoisotopic (exact) mass is 322 g/mol. The Balaban J connectivity index is 2.95. The van der Waals surface area contributed by atoms with Gasteiger partial charge in [0.15, 0.2) is 0 Å². The van der Waals surface area contributed by atoms with Crippen LogP contribution in [0.4, 0.5) is 4.39 Å². The zero-order valence-corrected chi connectivity index (χ0v) is 11.4. The molecule has 0 aliphatic rings. The Morgan fingerprint density at radius 3 is 2.57 bits per heavy atom. The fraction of sp³-hybridized carbons (Fsp3) is 0.455. The van der Waals surface area contributed by atoms with E-state index in [4.69, 9.17) is 0 Å². The van der Waals surface area contributed by atoms with Crippen molar-refractivity contribution in [3.8, 4) is 0 Å². The molecule has 0 saturated carbocycles. The highest BCUT2D eigenvalue weighted by molar-refractivity contribution is 9.10. The maximum absolute atomic E-state index is 12.9. The van der Waals surface area contributed by atoms with Gasteiger partial charge < -0.3 is 0 Å². The first-order valence-electron chi connectivity index (χ1n) is 4.65. The summed E-state index contributed by atoms with van der Waals surface area (Å²) < 4.78 is 13.7. The normalized spacial score (nSPS) is 15.2. The molecular weight excluding hydrogens is 311 g/mol. The van der Waals surface area contributed by atoms with Gasteiger partial charge in [-0.25, -0.2) is 4.39 Å². The second kappa shape index (κ2) is 5.26. The standard InChI is InChI=1S/C11H13Br2F/c1-3-10(12)7(2)9-5-4-8(14)6-11(9)13/h4-7,10H,3H2,1-2H3. The Kier molecular flexibility index (Phi) is 4.58. The van der Waals surface area contributed by atoms with Gasteiger partial charge in [0.25, 0.3) is 0 Å². The van der Waals surface area contributed by atoms with Crippen molar-refractivity contribution in [2.45, 2.75) is 31.0 Å². The summed E-state index contributed by atoms with van der Waals surface area (Å²) >= 11 is 7.00. The molecule has 1 aromatic carbocycles. The van der Waals surface area contributed by atoms with Crippen LogP contribution in [0.1, 0.15) is 31.7 Å². The van der Waals surface area contributed by atoms with Crippen molar-refractivity contribution >= 4 is 31.9 Å². The fourth-order valence-electron chi connectivity index (χ4n) is 1.42. The fourth-order valence-corrected chi connectivity index (χ4v) is 2.42. The third kappa shape index (κ3) is 2.80. The number of rotatable bonds is 3. The van der Waals surface area contributed by atoms with Crippen LogP contribution < -0.4 is 0 Å². The van der Waals surface area contributed by atoms with Gasteiger partial charge in [-0.05, 0) is 30.0 Å². The zero-order valence-electron chi connectivity index (χ0n) is 8.23. The molecule has 0 aliphatic heterocycles. The Bertz CT molecular complexity index is 312. The van der Waals surface area contributed by atoms with Crippen LogP contribution in [0.2, 0.25) is 0 Å².